The highest BCUT2D eigenvalue weighted by atomic mass is 79.9. The van der Waals surface area contributed by atoms with E-state index in [2.05, 4.69) is 26.2 Å². The van der Waals surface area contributed by atoms with Crippen LogP contribution in [0.25, 0.3) is 10.9 Å². The SMILES string of the molecule is NC(CNC(=O)Cn1cnc2ccc(Br)cc2c1=O)C1CC1. The lowest BCUT2D eigenvalue weighted by molar-refractivity contribution is -0.121. The number of halogens is 1. The third-order valence-electron chi connectivity index (χ3n) is 3.86. The molecule has 116 valence electrons. The highest BCUT2D eigenvalue weighted by molar-refractivity contribution is 9.10. The highest BCUT2D eigenvalue weighted by Crippen LogP contribution is 2.31. The Morgan fingerprint density at radius 3 is 3.00 bits per heavy atom. The van der Waals surface area contributed by atoms with Crippen molar-refractivity contribution in [2.75, 3.05) is 6.54 Å². The summed E-state index contributed by atoms with van der Waals surface area (Å²) in [5.41, 5.74) is 6.32. The zero-order chi connectivity index (χ0) is 15.7. The topological polar surface area (TPSA) is 90.0 Å². The normalized spacial score (nSPS) is 15.7. The molecule has 0 saturated heterocycles. The number of hydrogen-bond acceptors (Lipinski definition) is 4. The Kier molecular flexibility index (Phi) is 4.26. The summed E-state index contributed by atoms with van der Waals surface area (Å²) in [5.74, 6) is 0.303. The Hall–Kier alpha value is -1.73. The molecule has 6 nitrogen and oxygen atoms in total. The van der Waals surface area contributed by atoms with Crippen LogP contribution in [0.1, 0.15) is 12.8 Å². The van der Waals surface area contributed by atoms with Gasteiger partial charge in [-0.05, 0) is 37.0 Å². The molecule has 1 amide bonds. The fourth-order valence-corrected chi connectivity index (χ4v) is 2.74. The second-order valence-electron chi connectivity index (χ2n) is 5.64. The molecule has 1 aromatic carbocycles. The van der Waals surface area contributed by atoms with Crippen molar-refractivity contribution >= 4 is 32.7 Å². The standard InChI is InChI=1S/C15H17BrN4O2/c16-10-3-4-13-11(5-10)15(22)20(8-19-13)7-14(21)18-6-12(17)9-1-2-9/h3-5,8-9,12H,1-2,6-7,17H2,(H,18,21). The van der Waals surface area contributed by atoms with Gasteiger partial charge in [-0.15, -0.1) is 0 Å². The number of carbonyl (C=O) groups is 1. The lowest BCUT2D eigenvalue weighted by atomic mass is 10.2. The summed E-state index contributed by atoms with van der Waals surface area (Å²) in [6.45, 7) is 0.399. The number of rotatable bonds is 5. The van der Waals surface area contributed by atoms with Gasteiger partial charge in [0.2, 0.25) is 5.91 Å². The number of benzene rings is 1. The van der Waals surface area contributed by atoms with Gasteiger partial charge in [0.1, 0.15) is 6.54 Å². The van der Waals surface area contributed by atoms with Crippen LogP contribution in [0.5, 0.6) is 0 Å². The summed E-state index contributed by atoms with van der Waals surface area (Å²) in [7, 11) is 0. The molecule has 0 aliphatic heterocycles. The van der Waals surface area contributed by atoms with Crippen molar-refractivity contribution in [2.45, 2.75) is 25.4 Å². The number of aromatic nitrogens is 2. The van der Waals surface area contributed by atoms with Crippen LogP contribution in [-0.4, -0.2) is 28.0 Å². The van der Waals surface area contributed by atoms with Crippen LogP contribution in [-0.2, 0) is 11.3 Å². The van der Waals surface area contributed by atoms with Gasteiger partial charge in [0, 0.05) is 17.1 Å². The monoisotopic (exact) mass is 364 g/mol. The van der Waals surface area contributed by atoms with Gasteiger partial charge >= 0.3 is 0 Å². The van der Waals surface area contributed by atoms with E-state index in [0.29, 0.717) is 23.4 Å². The largest absolute Gasteiger partial charge is 0.353 e. The lowest BCUT2D eigenvalue weighted by Gasteiger charge is -2.12. The lowest BCUT2D eigenvalue weighted by Crippen LogP contribution is -2.41. The summed E-state index contributed by atoms with van der Waals surface area (Å²) >= 11 is 3.33. The minimum Gasteiger partial charge on any atom is -0.353 e. The molecule has 1 saturated carbocycles. The average molecular weight is 365 g/mol. The summed E-state index contributed by atoms with van der Waals surface area (Å²) in [6.07, 6.45) is 3.68. The molecule has 7 heteroatoms. The molecule has 3 rings (SSSR count). The summed E-state index contributed by atoms with van der Waals surface area (Å²) < 4.78 is 2.11. The van der Waals surface area contributed by atoms with Crippen LogP contribution in [0, 0.1) is 5.92 Å². The maximum absolute atomic E-state index is 12.4. The molecule has 1 atom stereocenters. The van der Waals surface area contributed by atoms with Crippen molar-refractivity contribution in [3.8, 4) is 0 Å². The van der Waals surface area contributed by atoms with Gasteiger partial charge in [-0.1, -0.05) is 15.9 Å². The van der Waals surface area contributed by atoms with Crippen molar-refractivity contribution in [1.29, 1.82) is 0 Å². The van der Waals surface area contributed by atoms with E-state index in [4.69, 9.17) is 5.73 Å². The molecule has 1 aromatic heterocycles. The van der Waals surface area contributed by atoms with Gasteiger partial charge in [-0.25, -0.2) is 4.98 Å². The Labute approximate surface area is 135 Å². The van der Waals surface area contributed by atoms with Crippen molar-refractivity contribution < 1.29 is 4.79 Å². The van der Waals surface area contributed by atoms with Crippen LogP contribution in [0.3, 0.4) is 0 Å². The third kappa shape index (κ3) is 3.36. The van der Waals surface area contributed by atoms with Crippen LogP contribution in [0.2, 0.25) is 0 Å². The second kappa shape index (κ2) is 6.18. The predicted octanol–water partition coefficient (Wildman–Crippen LogP) is 1.01. The van der Waals surface area contributed by atoms with Crippen molar-refractivity contribution in [1.82, 2.24) is 14.9 Å². The first-order valence-electron chi connectivity index (χ1n) is 7.21. The maximum atomic E-state index is 12.4. The second-order valence-corrected chi connectivity index (χ2v) is 6.56. The molecule has 3 N–H and O–H groups in total. The van der Waals surface area contributed by atoms with E-state index < -0.39 is 0 Å². The number of nitrogens with zero attached hydrogens (tertiary/aromatic N) is 2. The Balaban J connectivity index is 1.71. The molecule has 0 bridgehead atoms. The maximum Gasteiger partial charge on any atom is 0.261 e. The van der Waals surface area contributed by atoms with Crippen molar-refractivity contribution in [3.63, 3.8) is 0 Å². The number of carbonyl (C=O) groups excluding carboxylic acids is 1. The number of nitrogens with two attached hydrogens (primary N) is 1. The first kappa shape index (κ1) is 15.2. The number of fused-ring (bicyclic) bond motifs is 1. The first-order chi connectivity index (χ1) is 10.5. The van der Waals surface area contributed by atoms with Crippen molar-refractivity contribution in [3.05, 3.63) is 39.4 Å². The Morgan fingerprint density at radius 1 is 1.50 bits per heavy atom. The van der Waals surface area contributed by atoms with E-state index in [1.54, 1.807) is 12.1 Å². The van der Waals surface area contributed by atoms with Gasteiger partial charge in [0.15, 0.2) is 0 Å². The molecule has 1 unspecified atom stereocenters. The molecular formula is C15H17BrN4O2. The van der Waals surface area contributed by atoms with E-state index in [9.17, 15) is 9.59 Å². The Bertz CT molecular complexity index is 770. The fraction of sp³-hybridized carbons (Fsp3) is 0.400. The Morgan fingerprint density at radius 2 is 2.27 bits per heavy atom. The summed E-state index contributed by atoms with van der Waals surface area (Å²) in [6, 6.07) is 5.30. The number of hydrogen-bond donors (Lipinski definition) is 2. The molecule has 1 aliphatic rings. The quantitative estimate of drug-likeness (QED) is 0.828. The molecular weight excluding hydrogens is 348 g/mol. The smallest absolute Gasteiger partial charge is 0.261 e. The van der Waals surface area contributed by atoms with E-state index >= 15 is 0 Å². The van der Waals surface area contributed by atoms with Gasteiger partial charge in [-0.3, -0.25) is 14.2 Å². The zero-order valence-electron chi connectivity index (χ0n) is 12.0. The van der Waals surface area contributed by atoms with Gasteiger partial charge < -0.3 is 11.1 Å². The molecule has 0 spiro atoms. The van der Waals surface area contributed by atoms with Crippen LogP contribution < -0.4 is 16.6 Å². The van der Waals surface area contributed by atoms with Gasteiger partial charge in [0.05, 0.1) is 17.2 Å². The van der Waals surface area contributed by atoms with E-state index in [1.165, 1.54) is 10.9 Å². The average Bonchev–Trinajstić information content (AvgIpc) is 3.33. The van der Waals surface area contributed by atoms with Crippen LogP contribution in [0.15, 0.2) is 33.8 Å². The third-order valence-corrected chi connectivity index (χ3v) is 4.36. The fourth-order valence-electron chi connectivity index (χ4n) is 2.38. The summed E-state index contributed by atoms with van der Waals surface area (Å²) in [5, 5.41) is 3.26. The minimum atomic E-state index is -0.229. The van der Waals surface area contributed by atoms with Gasteiger partial charge in [0.25, 0.3) is 5.56 Å². The first-order valence-corrected chi connectivity index (χ1v) is 8.01. The van der Waals surface area contributed by atoms with Gasteiger partial charge in [-0.2, -0.15) is 0 Å². The minimum absolute atomic E-state index is 0.00589. The molecule has 22 heavy (non-hydrogen) atoms. The molecule has 2 aromatic rings. The van der Waals surface area contributed by atoms with Crippen LogP contribution >= 0.6 is 15.9 Å². The predicted molar refractivity (Wildman–Crippen MR) is 87.4 cm³/mol. The zero-order valence-corrected chi connectivity index (χ0v) is 13.5. The molecule has 1 fully saturated rings. The summed E-state index contributed by atoms with van der Waals surface area (Å²) in [4.78, 5) is 28.5. The van der Waals surface area contributed by atoms with Crippen LogP contribution in [0.4, 0.5) is 0 Å². The number of nitrogens with one attached hydrogen (secondary N) is 1. The molecule has 1 heterocycles. The van der Waals surface area contributed by atoms with Crippen molar-refractivity contribution in [2.24, 2.45) is 11.7 Å². The molecule has 1 aliphatic carbocycles. The van der Waals surface area contributed by atoms with E-state index in [1.807, 2.05) is 6.07 Å². The van der Waals surface area contributed by atoms with E-state index in [-0.39, 0.29) is 24.1 Å². The number of amides is 1. The molecule has 0 radical (unpaired) electrons. The highest BCUT2D eigenvalue weighted by Gasteiger charge is 2.28. The van der Waals surface area contributed by atoms with E-state index in [0.717, 1.165) is 17.3 Å².